The minimum atomic E-state index is 0.109. The highest BCUT2D eigenvalue weighted by atomic mass is 15.3. The van der Waals surface area contributed by atoms with E-state index in [4.69, 9.17) is 5.73 Å². The molecule has 1 heterocycles. The summed E-state index contributed by atoms with van der Waals surface area (Å²) >= 11 is 0. The number of nitrogen functional groups attached to an aromatic ring is 1. The number of hydrogen-bond acceptors (Lipinski definition) is 7. The number of nitrogens with zero attached hydrogens (tertiary/aromatic N) is 4. The molecule has 1 aromatic heterocycles. The number of anilines is 3. The lowest BCUT2D eigenvalue weighted by Crippen LogP contribution is -2.03. The molecule has 0 amide bonds. The Morgan fingerprint density at radius 2 is 0.892 bits per heavy atom. The quantitative estimate of drug-likeness (QED) is 0.178. The van der Waals surface area contributed by atoms with Gasteiger partial charge in [0.15, 0.2) is 11.6 Å². The molecule has 0 bridgehead atoms. The maximum atomic E-state index is 5.86. The van der Waals surface area contributed by atoms with E-state index in [1.807, 2.05) is 60.7 Å². The summed E-state index contributed by atoms with van der Waals surface area (Å²) in [5, 5.41) is 8.54. The number of aromatic nitrogens is 2. The van der Waals surface area contributed by atoms with Crippen LogP contribution in [-0.4, -0.2) is 22.4 Å². The molecular formula is C30H25N7. The molecule has 7 nitrogen and oxygen atoms in total. The van der Waals surface area contributed by atoms with Gasteiger partial charge in [0.1, 0.15) is 0 Å². The number of nitrogens with two attached hydrogens (primary N) is 1. The van der Waals surface area contributed by atoms with Gasteiger partial charge in [0.25, 0.3) is 0 Å². The van der Waals surface area contributed by atoms with Crippen LogP contribution in [-0.2, 0) is 0 Å². The van der Waals surface area contributed by atoms with Gasteiger partial charge in [-0.15, -0.1) is 0 Å². The second kappa shape index (κ2) is 11.4. The van der Waals surface area contributed by atoms with Gasteiger partial charge in [-0.3, -0.25) is 10.9 Å². The molecule has 0 atom stereocenters. The molecule has 0 aliphatic heterocycles. The molecule has 180 valence electrons. The molecule has 5 rings (SSSR count). The first-order valence-corrected chi connectivity index (χ1v) is 11.8. The van der Waals surface area contributed by atoms with E-state index < -0.39 is 0 Å². The van der Waals surface area contributed by atoms with Crippen LogP contribution in [0.25, 0.3) is 22.3 Å². The number of rotatable bonds is 8. The van der Waals surface area contributed by atoms with Crippen molar-refractivity contribution in [3.8, 4) is 22.3 Å². The van der Waals surface area contributed by atoms with Crippen molar-refractivity contribution in [2.75, 3.05) is 16.6 Å². The number of benzene rings is 4. The monoisotopic (exact) mass is 483 g/mol. The van der Waals surface area contributed by atoms with Crippen LogP contribution in [0.5, 0.6) is 0 Å². The standard InChI is InChI=1S/C30H25N7/c31-30-34-28(36-32-20-22-11-15-26(16-12-22)24-7-3-1-4-8-24)19-29(35-30)37-33-21-23-13-17-27(18-14-23)25-9-5-2-6-10-25/h1-21H,(H4,31,34,35,36,37). The number of hydrazone groups is 2. The Hall–Kier alpha value is -5.30. The maximum Gasteiger partial charge on any atom is 0.224 e. The van der Waals surface area contributed by atoms with E-state index in [1.54, 1.807) is 18.5 Å². The molecule has 0 aliphatic rings. The van der Waals surface area contributed by atoms with Gasteiger partial charge >= 0.3 is 0 Å². The smallest absolute Gasteiger partial charge is 0.224 e. The Bertz CT molecular complexity index is 1380. The Morgan fingerprint density at radius 1 is 0.514 bits per heavy atom. The second-order valence-electron chi connectivity index (χ2n) is 8.21. The average molecular weight is 484 g/mol. The van der Waals surface area contributed by atoms with Gasteiger partial charge in [0.2, 0.25) is 5.95 Å². The predicted molar refractivity (Wildman–Crippen MR) is 153 cm³/mol. The first-order chi connectivity index (χ1) is 18.2. The summed E-state index contributed by atoms with van der Waals surface area (Å²) in [6.45, 7) is 0. The molecule has 37 heavy (non-hydrogen) atoms. The van der Waals surface area contributed by atoms with Crippen molar-refractivity contribution in [1.82, 2.24) is 9.97 Å². The van der Waals surface area contributed by atoms with Crippen molar-refractivity contribution in [3.05, 3.63) is 126 Å². The third-order valence-corrected chi connectivity index (χ3v) is 5.56. The fourth-order valence-electron chi connectivity index (χ4n) is 3.71. The summed E-state index contributed by atoms with van der Waals surface area (Å²) in [5.41, 5.74) is 18.2. The molecule has 0 saturated heterocycles. The lowest BCUT2D eigenvalue weighted by atomic mass is 10.0. The van der Waals surface area contributed by atoms with Gasteiger partial charge in [-0.05, 0) is 33.4 Å². The number of nitrogens with one attached hydrogen (secondary N) is 2. The summed E-state index contributed by atoms with van der Waals surface area (Å²) in [4.78, 5) is 8.35. The molecule has 0 unspecified atom stereocenters. The van der Waals surface area contributed by atoms with E-state index in [9.17, 15) is 0 Å². The van der Waals surface area contributed by atoms with Crippen molar-refractivity contribution in [2.45, 2.75) is 0 Å². The van der Waals surface area contributed by atoms with Crippen LogP contribution in [0.1, 0.15) is 11.1 Å². The topological polar surface area (TPSA) is 101 Å². The normalized spacial score (nSPS) is 11.1. The summed E-state index contributed by atoms with van der Waals surface area (Å²) in [7, 11) is 0. The SMILES string of the molecule is Nc1nc(NN=Cc2ccc(-c3ccccc3)cc2)cc(NN=Cc2ccc(-c3ccccc3)cc2)n1. The molecule has 0 aliphatic carbocycles. The lowest BCUT2D eigenvalue weighted by Gasteiger charge is -2.05. The van der Waals surface area contributed by atoms with Crippen LogP contribution < -0.4 is 16.6 Å². The Kier molecular flexibility index (Phi) is 7.23. The van der Waals surface area contributed by atoms with Gasteiger partial charge in [-0.25, -0.2) is 0 Å². The maximum absolute atomic E-state index is 5.86. The molecule has 7 heteroatoms. The molecule has 0 fully saturated rings. The summed E-state index contributed by atoms with van der Waals surface area (Å²) < 4.78 is 0. The van der Waals surface area contributed by atoms with Crippen molar-refractivity contribution in [1.29, 1.82) is 0 Å². The van der Waals surface area contributed by atoms with Gasteiger partial charge in [-0.2, -0.15) is 20.2 Å². The van der Waals surface area contributed by atoms with Crippen molar-refractivity contribution >= 4 is 30.0 Å². The highest BCUT2D eigenvalue weighted by molar-refractivity contribution is 5.82. The van der Waals surface area contributed by atoms with Crippen LogP contribution in [0.2, 0.25) is 0 Å². The highest BCUT2D eigenvalue weighted by Gasteiger charge is 2.02. The number of hydrogen-bond donors (Lipinski definition) is 3. The summed E-state index contributed by atoms with van der Waals surface area (Å²) in [5.74, 6) is 1.02. The van der Waals surface area contributed by atoms with Gasteiger partial charge in [0, 0.05) is 6.07 Å². The van der Waals surface area contributed by atoms with Crippen LogP contribution >= 0.6 is 0 Å². The fraction of sp³-hybridized carbons (Fsp3) is 0. The molecule has 4 aromatic carbocycles. The van der Waals surface area contributed by atoms with Crippen LogP contribution in [0.3, 0.4) is 0 Å². The third-order valence-electron chi connectivity index (χ3n) is 5.56. The Balaban J connectivity index is 1.18. The second-order valence-corrected chi connectivity index (χ2v) is 8.21. The van der Waals surface area contributed by atoms with E-state index in [2.05, 4.69) is 79.6 Å². The minimum Gasteiger partial charge on any atom is -0.368 e. The van der Waals surface area contributed by atoms with E-state index in [-0.39, 0.29) is 5.95 Å². The Labute approximate surface area is 215 Å². The minimum absolute atomic E-state index is 0.109. The van der Waals surface area contributed by atoms with E-state index in [0.717, 1.165) is 22.3 Å². The van der Waals surface area contributed by atoms with Crippen molar-refractivity contribution in [2.24, 2.45) is 10.2 Å². The van der Waals surface area contributed by atoms with Crippen molar-refractivity contribution in [3.63, 3.8) is 0 Å². The first kappa shape index (κ1) is 23.4. The summed E-state index contributed by atoms with van der Waals surface area (Å²) in [6.07, 6.45) is 3.44. The largest absolute Gasteiger partial charge is 0.368 e. The van der Waals surface area contributed by atoms with E-state index in [1.165, 1.54) is 11.1 Å². The van der Waals surface area contributed by atoms with Crippen LogP contribution in [0.4, 0.5) is 17.6 Å². The van der Waals surface area contributed by atoms with E-state index in [0.29, 0.717) is 11.6 Å². The zero-order valence-corrected chi connectivity index (χ0v) is 20.0. The average Bonchev–Trinajstić information content (AvgIpc) is 2.95. The zero-order valence-electron chi connectivity index (χ0n) is 20.0. The molecule has 0 spiro atoms. The van der Waals surface area contributed by atoms with Gasteiger partial charge in [0.05, 0.1) is 12.4 Å². The molecular weight excluding hydrogens is 458 g/mol. The molecule has 0 radical (unpaired) electrons. The predicted octanol–water partition coefficient (Wildman–Crippen LogP) is 6.28. The third kappa shape index (κ3) is 6.43. The summed E-state index contributed by atoms with van der Waals surface area (Å²) in [6, 6.07) is 38.4. The van der Waals surface area contributed by atoms with Gasteiger partial charge < -0.3 is 5.73 Å². The molecule has 0 saturated carbocycles. The van der Waals surface area contributed by atoms with Crippen molar-refractivity contribution < 1.29 is 0 Å². The lowest BCUT2D eigenvalue weighted by molar-refractivity contribution is 1.13. The Morgan fingerprint density at radius 3 is 1.30 bits per heavy atom. The van der Waals surface area contributed by atoms with E-state index >= 15 is 0 Å². The molecule has 5 aromatic rings. The fourth-order valence-corrected chi connectivity index (χ4v) is 3.71. The van der Waals surface area contributed by atoms with Crippen LogP contribution in [0.15, 0.2) is 125 Å². The first-order valence-electron chi connectivity index (χ1n) is 11.8. The highest BCUT2D eigenvalue weighted by Crippen LogP contribution is 2.20. The molecule has 4 N–H and O–H groups in total. The van der Waals surface area contributed by atoms with Crippen LogP contribution in [0, 0.1) is 0 Å². The zero-order chi connectivity index (χ0) is 25.3. The van der Waals surface area contributed by atoms with Gasteiger partial charge in [-0.1, -0.05) is 109 Å².